The Morgan fingerprint density at radius 1 is 1.26 bits per heavy atom. The fourth-order valence-electron chi connectivity index (χ4n) is 1.72. The lowest BCUT2D eigenvalue weighted by Crippen LogP contribution is -2.07. The highest BCUT2D eigenvalue weighted by Gasteiger charge is 2.15. The zero-order chi connectivity index (χ0) is 13.7. The predicted octanol–water partition coefficient (Wildman–Crippen LogP) is 3.30. The van der Waals surface area contributed by atoms with Gasteiger partial charge in [-0.15, -0.1) is 0 Å². The topological polar surface area (TPSA) is 68.1 Å². The van der Waals surface area contributed by atoms with Gasteiger partial charge < -0.3 is 5.32 Å². The van der Waals surface area contributed by atoms with Crippen LogP contribution in [0.2, 0.25) is 5.02 Å². The summed E-state index contributed by atoms with van der Waals surface area (Å²) in [7, 11) is 0. The first-order valence-electron chi connectivity index (χ1n) is 5.74. The molecule has 0 amide bonds. The number of aromatic nitrogens is 1. The van der Waals surface area contributed by atoms with Crippen LogP contribution in [0.4, 0.5) is 11.4 Å². The molecule has 0 saturated carbocycles. The molecule has 0 bridgehead atoms. The summed E-state index contributed by atoms with van der Waals surface area (Å²) in [6.45, 7) is 0.564. The molecule has 0 atom stereocenters. The van der Waals surface area contributed by atoms with E-state index in [9.17, 15) is 10.1 Å². The fourth-order valence-corrected chi connectivity index (χ4v) is 1.96. The van der Waals surface area contributed by atoms with Crippen LogP contribution < -0.4 is 5.32 Å². The molecule has 0 saturated heterocycles. The van der Waals surface area contributed by atoms with Crippen LogP contribution in [0.15, 0.2) is 42.7 Å². The van der Waals surface area contributed by atoms with Gasteiger partial charge in [-0.1, -0.05) is 17.7 Å². The van der Waals surface area contributed by atoms with Gasteiger partial charge in [-0.05, 0) is 30.2 Å². The molecule has 2 rings (SSSR count). The number of nitrogens with one attached hydrogen (secondary N) is 1. The third-order valence-corrected chi connectivity index (χ3v) is 2.97. The van der Waals surface area contributed by atoms with Crippen LogP contribution in [0.5, 0.6) is 0 Å². The minimum absolute atomic E-state index is 0.0118. The van der Waals surface area contributed by atoms with Crippen LogP contribution in [-0.4, -0.2) is 16.5 Å². The number of pyridine rings is 1. The first kappa shape index (κ1) is 13.3. The standard InChI is InChI=1S/C13H12ClN3O2/c14-11-2-1-3-12(17(18)19)13(11)16-9-6-10-4-7-15-8-5-10/h1-5,7-8,16H,6,9H2. The zero-order valence-electron chi connectivity index (χ0n) is 10.0. The molecular formula is C13H12ClN3O2. The van der Waals surface area contributed by atoms with Gasteiger partial charge in [0.1, 0.15) is 5.69 Å². The highest BCUT2D eigenvalue weighted by Crippen LogP contribution is 2.31. The highest BCUT2D eigenvalue weighted by atomic mass is 35.5. The Bertz CT molecular complexity index is 575. The first-order chi connectivity index (χ1) is 9.18. The predicted molar refractivity (Wildman–Crippen MR) is 74.5 cm³/mol. The maximum atomic E-state index is 10.9. The number of nitro benzene ring substituents is 1. The van der Waals surface area contributed by atoms with E-state index in [1.54, 1.807) is 24.5 Å². The van der Waals surface area contributed by atoms with Gasteiger partial charge in [0, 0.05) is 25.0 Å². The van der Waals surface area contributed by atoms with Crippen LogP contribution in [0.3, 0.4) is 0 Å². The van der Waals surface area contributed by atoms with Crippen LogP contribution in [0.1, 0.15) is 5.56 Å². The number of nitrogens with zero attached hydrogens (tertiary/aromatic N) is 2. The van der Waals surface area contributed by atoms with Gasteiger partial charge in [-0.25, -0.2) is 0 Å². The maximum Gasteiger partial charge on any atom is 0.293 e. The van der Waals surface area contributed by atoms with E-state index in [1.165, 1.54) is 6.07 Å². The van der Waals surface area contributed by atoms with E-state index in [1.807, 2.05) is 12.1 Å². The van der Waals surface area contributed by atoms with E-state index in [4.69, 9.17) is 11.6 Å². The smallest absolute Gasteiger partial charge is 0.293 e. The SMILES string of the molecule is O=[N+]([O-])c1cccc(Cl)c1NCCc1ccncc1. The lowest BCUT2D eigenvalue weighted by Gasteiger charge is -2.08. The number of rotatable bonds is 5. The lowest BCUT2D eigenvalue weighted by molar-refractivity contribution is -0.383. The average Bonchev–Trinajstić information content (AvgIpc) is 2.41. The normalized spacial score (nSPS) is 10.2. The van der Waals surface area contributed by atoms with Gasteiger partial charge in [0.05, 0.1) is 9.95 Å². The monoisotopic (exact) mass is 277 g/mol. The van der Waals surface area contributed by atoms with Gasteiger partial charge in [-0.3, -0.25) is 15.1 Å². The van der Waals surface area contributed by atoms with Gasteiger partial charge in [0.15, 0.2) is 0 Å². The summed E-state index contributed by atoms with van der Waals surface area (Å²) in [5, 5.41) is 14.3. The lowest BCUT2D eigenvalue weighted by atomic mass is 10.2. The Morgan fingerprint density at radius 3 is 2.68 bits per heavy atom. The molecule has 0 aliphatic rings. The van der Waals surface area contributed by atoms with E-state index in [-0.39, 0.29) is 5.69 Å². The molecule has 0 fully saturated rings. The minimum Gasteiger partial charge on any atom is -0.378 e. The van der Waals surface area contributed by atoms with Crippen molar-refractivity contribution >= 4 is 23.0 Å². The Morgan fingerprint density at radius 2 is 2.00 bits per heavy atom. The number of anilines is 1. The van der Waals surface area contributed by atoms with Crippen molar-refractivity contribution in [2.45, 2.75) is 6.42 Å². The van der Waals surface area contributed by atoms with Gasteiger partial charge in [-0.2, -0.15) is 0 Å². The largest absolute Gasteiger partial charge is 0.378 e. The van der Waals surface area contributed by atoms with Crippen LogP contribution in [0, 0.1) is 10.1 Å². The third-order valence-electron chi connectivity index (χ3n) is 2.65. The van der Waals surface area contributed by atoms with E-state index in [0.717, 1.165) is 12.0 Å². The molecule has 6 heteroatoms. The Kier molecular flexibility index (Phi) is 4.30. The Hall–Kier alpha value is -2.14. The van der Waals surface area contributed by atoms with Crippen molar-refractivity contribution in [2.24, 2.45) is 0 Å². The fraction of sp³-hybridized carbons (Fsp3) is 0.154. The number of nitro groups is 1. The number of hydrogen-bond acceptors (Lipinski definition) is 4. The first-order valence-corrected chi connectivity index (χ1v) is 6.12. The quantitative estimate of drug-likeness (QED) is 0.672. The molecule has 19 heavy (non-hydrogen) atoms. The molecule has 1 N–H and O–H groups in total. The van der Waals surface area contributed by atoms with Crippen LogP contribution in [-0.2, 0) is 6.42 Å². The van der Waals surface area contributed by atoms with Crippen molar-refractivity contribution in [3.05, 3.63) is 63.4 Å². The molecule has 0 unspecified atom stereocenters. The molecule has 0 aliphatic heterocycles. The van der Waals surface area contributed by atoms with Gasteiger partial charge in [0.25, 0.3) is 5.69 Å². The van der Waals surface area contributed by atoms with E-state index >= 15 is 0 Å². The molecule has 0 spiro atoms. The van der Waals surface area contributed by atoms with E-state index < -0.39 is 4.92 Å². The highest BCUT2D eigenvalue weighted by molar-refractivity contribution is 6.33. The number of halogens is 1. The summed E-state index contributed by atoms with van der Waals surface area (Å²) < 4.78 is 0. The van der Waals surface area contributed by atoms with Crippen molar-refractivity contribution in [1.29, 1.82) is 0 Å². The zero-order valence-corrected chi connectivity index (χ0v) is 10.8. The van der Waals surface area contributed by atoms with Crippen LogP contribution in [0.25, 0.3) is 0 Å². The molecule has 0 aliphatic carbocycles. The molecule has 98 valence electrons. The summed E-state index contributed by atoms with van der Waals surface area (Å²) in [5.41, 5.74) is 1.46. The molecule has 2 aromatic rings. The average molecular weight is 278 g/mol. The second kappa shape index (κ2) is 6.15. The number of benzene rings is 1. The Balaban J connectivity index is 2.05. The summed E-state index contributed by atoms with van der Waals surface area (Å²) >= 11 is 5.98. The summed E-state index contributed by atoms with van der Waals surface area (Å²) in [5.74, 6) is 0. The van der Waals surface area contributed by atoms with Gasteiger partial charge in [0.2, 0.25) is 0 Å². The van der Waals surface area contributed by atoms with Crippen molar-refractivity contribution < 1.29 is 4.92 Å². The Labute approximate surface area is 115 Å². The molecule has 1 aromatic heterocycles. The second-order valence-corrected chi connectivity index (χ2v) is 4.33. The maximum absolute atomic E-state index is 10.9. The van der Waals surface area contributed by atoms with Crippen molar-refractivity contribution in [3.63, 3.8) is 0 Å². The van der Waals surface area contributed by atoms with E-state index in [0.29, 0.717) is 17.3 Å². The molecular weight excluding hydrogens is 266 g/mol. The third kappa shape index (κ3) is 3.42. The molecule has 0 radical (unpaired) electrons. The van der Waals surface area contributed by atoms with Crippen LogP contribution >= 0.6 is 11.6 Å². The molecule has 1 heterocycles. The summed E-state index contributed by atoms with van der Waals surface area (Å²) in [6, 6.07) is 8.43. The van der Waals surface area contributed by atoms with Crippen molar-refractivity contribution in [3.8, 4) is 0 Å². The van der Waals surface area contributed by atoms with Crippen molar-refractivity contribution in [2.75, 3.05) is 11.9 Å². The minimum atomic E-state index is -0.444. The summed E-state index contributed by atoms with van der Waals surface area (Å²) in [6.07, 6.45) is 4.17. The summed E-state index contributed by atoms with van der Waals surface area (Å²) in [4.78, 5) is 14.4. The van der Waals surface area contributed by atoms with Crippen molar-refractivity contribution in [1.82, 2.24) is 4.98 Å². The molecule has 5 nitrogen and oxygen atoms in total. The van der Waals surface area contributed by atoms with Gasteiger partial charge >= 0.3 is 0 Å². The van der Waals surface area contributed by atoms with E-state index in [2.05, 4.69) is 10.3 Å². The number of para-hydroxylation sites is 1. The number of hydrogen-bond donors (Lipinski definition) is 1. The molecule has 1 aromatic carbocycles. The second-order valence-electron chi connectivity index (χ2n) is 3.92.